The molecule has 0 aromatic rings. The molecule has 0 saturated carbocycles. The van der Waals surface area contributed by atoms with Gasteiger partial charge in [0, 0.05) is 13.0 Å². The molecule has 16 heteroatoms. The van der Waals surface area contributed by atoms with E-state index in [1.807, 2.05) is 0 Å². The molecule has 0 spiro atoms. The van der Waals surface area contributed by atoms with Crippen LogP contribution in [0.25, 0.3) is 0 Å². The number of nitrogens with one attached hydrogen (secondary N) is 3. The zero-order valence-electron chi connectivity index (χ0n) is 18.7. The summed E-state index contributed by atoms with van der Waals surface area (Å²) in [6.07, 6.45) is -0.886. The monoisotopic (exact) mass is 488 g/mol. The maximum atomic E-state index is 12.6. The number of guanidine groups is 1. The highest BCUT2D eigenvalue weighted by molar-refractivity contribution is 5.94. The fourth-order valence-electron chi connectivity index (χ4n) is 2.53. The lowest BCUT2D eigenvalue weighted by atomic mass is 10.1. The van der Waals surface area contributed by atoms with Crippen molar-refractivity contribution in [2.24, 2.45) is 27.9 Å². The molecule has 0 heterocycles. The second kappa shape index (κ2) is 15.0. The SMILES string of the molecule is CC(NC(=O)C(N)CCC(N)=O)C(=O)NC(CCCN=C(N)N)C(=O)NC(CC(=O)O)C(=O)O. The molecule has 0 aliphatic rings. The Kier molecular flexibility index (Phi) is 13.2. The number of carboxylic acid groups (broad SMARTS) is 2. The van der Waals surface area contributed by atoms with Crippen LogP contribution in [0, 0.1) is 0 Å². The minimum absolute atomic E-state index is 0.0352. The Morgan fingerprint density at radius 2 is 1.44 bits per heavy atom. The first-order chi connectivity index (χ1) is 15.7. The Balaban J connectivity index is 5.24. The minimum atomic E-state index is -1.73. The Bertz CT molecular complexity index is 799. The van der Waals surface area contributed by atoms with Gasteiger partial charge in [-0.3, -0.25) is 29.0 Å². The lowest BCUT2D eigenvalue weighted by molar-refractivity contribution is -0.147. The smallest absolute Gasteiger partial charge is 0.326 e. The third-order valence-corrected chi connectivity index (χ3v) is 4.36. The molecule has 4 atom stereocenters. The van der Waals surface area contributed by atoms with Gasteiger partial charge in [0.05, 0.1) is 12.5 Å². The first kappa shape index (κ1) is 30.1. The van der Waals surface area contributed by atoms with Crippen LogP contribution in [0.15, 0.2) is 4.99 Å². The average Bonchev–Trinajstić information content (AvgIpc) is 2.72. The lowest BCUT2D eigenvalue weighted by Crippen LogP contribution is -2.56. The van der Waals surface area contributed by atoms with Crippen molar-refractivity contribution < 1.29 is 39.0 Å². The number of hydrogen-bond acceptors (Lipinski definition) is 8. The van der Waals surface area contributed by atoms with Crippen LogP contribution in [-0.4, -0.2) is 82.5 Å². The molecule has 192 valence electrons. The van der Waals surface area contributed by atoms with Gasteiger partial charge in [0.15, 0.2) is 5.96 Å². The van der Waals surface area contributed by atoms with Crippen LogP contribution < -0.4 is 38.9 Å². The van der Waals surface area contributed by atoms with E-state index in [1.54, 1.807) is 0 Å². The second-order valence-corrected chi connectivity index (χ2v) is 7.35. The minimum Gasteiger partial charge on any atom is -0.481 e. The summed E-state index contributed by atoms with van der Waals surface area (Å²) < 4.78 is 0. The molecule has 4 amide bonds. The average molecular weight is 489 g/mol. The number of amides is 4. The summed E-state index contributed by atoms with van der Waals surface area (Å²) in [5.74, 6) is -6.36. The third-order valence-electron chi connectivity index (χ3n) is 4.36. The van der Waals surface area contributed by atoms with Gasteiger partial charge in [-0.15, -0.1) is 0 Å². The van der Waals surface area contributed by atoms with E-state index in [2.05, 4.69) is 20.9 Å². The zero-order chi connectivity index (χ0) is 26.4. The van der Waals surface area contributed by atoms with Crippen LogP contribution >= 0.6 is 0 Å². The predicted molar refractivity (Wildman–Crippen MR) is 118 cm³/mol. The van der Waals surface area contributed by atoms with Crippen LogP contribution in [0.2, 0.25) is 0 Å². The van der Waals surface area contributed by atoms with Gasteiger partial charge in [0.1, 0.15) is 18.1 Å². The first-order valence-electron chi connectivity index (χ1n) is 10.2. The molecule has 0 fully saturated rings. The number of nitrogens with zero attached hydrogens (tertiary/aromatic N) is 1. The van der Waals surface area contributed by atoms with Gasteiger partial charge in [-0.05, 0) is 26.2 Å². The first-order valence-corrected chi connectivity index (χ1v) is 10.2. The van der Waals surface area contributed by atoms with E-state index >= 15 is 0 Å². The standard InChI is InChI=1S/C18H32N8O8/c1-8(24-15(31)9(19)4-5-12(20)27)14(30)25-10(3-2-6-23-18(21)22)16(32)26-11(17(33)34)7-13(28)29/h8-11H,2-7,19H2,1H3,(H2,20,27)(H,24,31)(H,25,30)(H,26,32)(H,28,29)(H,33,34)(H4,21,22,23). The number of carbonyl (C=O) groups is 6. The highest BCUT2D eigenvalue weighted by Crippen LogP contribution is 2.03. The fraction of sp³-hybridized carbons (Fsp3) is 0.611. The van der Waals surface area contributed by atoms with Crippen molar-refractivity contribution >= 4 is 41.5 Å². The summed E-state index contributed by atoms with van der Waals surface area (Å²) in [5, 5.41) is 24.7. The molecule has 0 bridgehead atoms. The largest absolute Gasteiger partial charge is 0.481 e. The normalized spacial score (nSPS) is 13.9. The van der Waals surface area contributed by atoms with Gasteiger partial charge >= 0.3 is 11.9 Å². The molecule has 0 aliphatic heterocycles. The lowest BCUT2D eigenvalue weighted by Gasteiger charge is -2.23. The molecule has 0 rings (SSSR count). The molecule has 16 nitrogen and oxygen atoms in total. The fourth-order valence-corrected chi connectivity index (χ4v) is 2.53. The van der Waals surface area contributed by atoms with E-state index in [0.29, 0.717) is 0 Å². The Hall–Kier alpha value is -3.95. The van der Waals surface area contributed by atoms with Gasteiger partial charge in [0.2, 0.25) is 23.6 Å². The van der Waals surface area contributed by atoms with Gasteiger partial charge in [-0.2, -0.15) is 0 Å². The molecular weight excluding hydrogens is 456 g/mol. The number of hydrogen-bond donors (Lipinski definition) is 9. The van der Waals surface area contributed by atoms with Gasteiger partial charge < -0.3 is 49.1 Å². The van der Waals surface area contributed by atoms with Crippen LogP contribution in [-0.2, 0) is 28.8 Å². The Morgan fingerprint density at radius 1 is 0.853 bits per heavy atom. The van der Waals surface area contributed by atoms with Crippen molar-refractivity contribution in [2.45, 2.75) is 63.2 Å². The van der Waals surface area contributed by atoms with Crippen molar-refractivity contribution in [3.63, 3.8) is 0 Å². The number of carbonyl (C=O) groups excluding carboxylic acids is 4. The molecule has 0 saturated heterocycles. The van der Waals surface area contributed by atoms with E-state index in [-0.39, 0.29) is 38.2 Å². The summed E-state index contributed by atoms with van der Waals surface area (Å²) >= 11 is 0. The molecule has 34 heavy (non-hydrogen) atoms. The van der Waals surface area contributed by atoms with Crippen molar-refractivity contribution in [1.29, 1.82) is 0 Å². The third kappa shape index (κ3) is 12.8. The molecule has 0 radical (unpaired) electrons. The highest BCUT2D eigenvalue weighted by atomic mass is 16.4. The molecule has 0 aliphatic carbocycles. The highest BCUT2D eigenvalue weighted by Gasteiger charge is 2.29. The van der Waals surface area contributed by atoms with E-state index in [4.69, 9.17) is 33.1 Å². The Morgan fingerprint density at radius 3 is 1.94 bits per heavy atom. The number of primary amides is 1. The molecular formula is C18H32N8O8. The van der Waals surface area contributed by atoms with Crippen molar-refractivity contribution in [3.05, 3.63) is 0 Å². The number of nitrogens with two attached hydrogens (primary N) is 4. The van der Waals surface area contributed by atoms with Crippen molar-refractivity contribution in [1.82, 2.24) is 16.0 Å². The quantitative estimate of drug-likeness (QED) is 0.0568. The number of rotatable bonds is 16. The van der Waals surface area contributed by atoms with Gasteiger partial charge in [-0.1, -0.05) is 0 Å². The molecule has 0 aromatic heterocycles. The van der Waals surface area contributed by atoms with Gasteiger partial charge in [-0.25, -0.2) is 4.79 Å². The molecule has 0 aromatic carbocycles. The molecule has 4 unspecified atom stereocenters. The van der Waals surface area contributed by atoms with Crippen LogP contribution in [0.4, 0.5) is 0 Å². The number of aliphatic imine (C=N–C) groups is 1. The van der Waals surface area contributed by atoms with Crippen LogP contribution in [0.3, 0.4) is 0 Å². The van der Waals surface area contributed by atoms with E-state index in [9.17, 15) is 28.8 Å². The topological polar surface area (TPSA) is 295 Å². The Labute approximate surface area is 194 Å². The summed E-state index contributed by atoms with van der Waals surface area (Å²) in [7, 11) is 0. The van der Waals surface area contributed by atoms with E-state index < -0.39 is 66.2 Å². The number of aliphatic carboxylic acids is 2. The van der Waals surface area contributed by atoms with Crippen molar-refractivity contribution in [3.8, 4) is 0 Å². The summed E-state index contributed by atoms with van der Waals surface area (Å²) in [5.41, 5.74) is 21.1. The van der Waals surface area contributed by atoms with E-state index in [0.717, 1.165) is 0 Å². The van der Waals surface area contributed by atoms with Crippen LogP contribution in [0.1, 0.15) is 39.0 Å². The zero-order valence-corrected chi connectivity index (χ0v) is 18.7. The summed E-state index contributed by atoms with van der Waals surface area (Å²) in [4.78, 5) is 73.8. The maximum absolute atomic E-state index is 12.6. The maximum Gasteiger partial charge on any atom is 0.326 e. The van der Waals surface area contributed by atoms with Crippen LogP contribution in [0.5, 0.6) is 0 Å². The second-order valence-electron chi connectivity index (χ2n) is 7.35. The number of carboxylic acids is 2. The summed E-state index contributed by atoms with van der Waals surface area (Å²) in [6.45, 7) is 1.41. The van der Waals surface area contributed by atoms with Gasteiger partial charge in [0.25, 0.3) is 0 Å². The van der Waals surface area contributed by atoms with E-state index in [1.165, 1.54) is 6.92 Å². The van der Waals surface area contributed by atoms with Crippen molar-refractivity contribution in [2.75, 3.05) is 6.54 Å². The predicted octanol–water partition coefficient (Wildman–Crippen LogP) is -4.33. The summed E-state index contributed by atoms with van der Waals surface area (Å²) in [6, 6.07) is -5.29. The molecule has 13 N–H and O–H groups in total.